The molecule has 0 aliphatic rings. The maximum absolute atomic E-state index is 14.9. The zero-order valence-electron chi connectivity index (χ0n) is 17.4. The van der Waals surface area contributed by atoms with Gasteiger partial charge in [0.15, 0.2) is 6.10 Å². The molecule has 0 unspecified atom stereocenters. The van der Waals surface area contributed by atoms with Gasteiger partial charge in [-0.1, -0.05) is 24.3 Å². The van der Waals surface area contributed by atoms with E-state index in [9.17, 15) is 13.6 Å². The van der Waals surface area contributed by atoms with Crippen LogP contribution in [-0.2, 0) is 16.1 Å². The summed E-state index contributed by atoms with van der Waals surface area (Å²) in [5, 5.41) is 10.0. The van der Waals surface area contributed by atoms with E-state index in [0.717, 1.165) is 17.7 Å². The number of amides is 1. The zero-order chi connectivity index (χ0) is 23.3. The van der Waals surface area contributed by atoms with E-state index in [2.05, 4.69) is 10.3 Å². The fourth-order valence-corrected chi connectivity index (χ4v) is 3.12. The number of pyridine rings is 1. The van der Waals surface area contributed by atoms with Gasteiger partial charge in [-0.05, 0) is 42.3 Å². The van der Waals surface area contributed by atoms with Gasteiger partial charge < -0.3 is 21.5 Å². The van der Waals surface area contributed by atoms with Crippen LogP contribution in [0, 0.1) is 17.0 Å². The molecule has 0 saturated carbocycles. The van der Waals surface area contributed by atoms with Crippen LogP contribution in [0.2, 0.25) is 0 Å². The number of nitrogens with two attached hydrogens (primary N) is 2. The summed E-state index contributed by atoms with van der Waals surface area (Å²) in [6.07, 6.45) is -0.0528. The van der Waals surface area contributed by atoms with Gasteiger partial charge >= 0.3 is 0 Å². The van der Waals surface area contributed by atoms with Crippen molar-refractivity contribution >= 4 is 17.6 Å². The molecular formula is C23H23F2N5O2. The minimum Gasteiger partial charge on any atom is -0.384 e. The first-order chi connectivity index (χ1) is 15.3. The first kappa shape index (κ1) is 22.8. The molecule has 166 valence electrons. The molecule has 1 amide bonds. The lowest BCUT2D eigenvalue weighted by Crippen LogP contribution is -2.31. The molecule has 0 saturated heterocycles. The number of hydrogen-bond donors (Lipinski definition) is 4. The van der Waals surface area contributed by atoms with E-state index in [0.29, 0.717) is 11.1 Å². The molecule has 6 N–H and O–H groups in total. The molecule has 0 radical (unpaired) electrons. The standard InChI is InChI=1S/C23H23F2N5O2/c1-2-32-21(23(31)30-11-13-3-5-14(6-4-13)22(27)28)20-17(24)9-16(10-18(20)25)15-7-8-19(26)29-12-15/h3-10,12,21H,2,11H2,1H3,(H2,26,29)(H3,27,28)(H,30,31)/t21-/m0/s1. The van der Waals surface area contributed by atoms with Crippen LogP contribution in [0.3, 0.4) is 0 Å². The van der Waals surface area contributed by atoms with Gasteiger partial charge in [0.25, 0.3) is 5.91 Å². The number of aromatic nitrogens is 1. The van der Waals surface area contributed by atoms with Crippen LogP contribution in [0.1, 0.15) is 29.7 Å². The summed E-state index contributed by atoms with van der Waals surface area (Å²) in [5.41, 5.74) is 12.5. The van der Waals surface area contributed by atoms with Crippen LogP contribution in [0.4, 0.5) is 14.6 Å². The Balaban J connectivity index is 1.81. The number of benzene rings is 2. The average Bonchev–Trinajstić information content (AvgIpc) is 2.77. The van der Waals surface area contributed by atoms with Crippen LogP contribution < -0.4 is 16.8 Å². The summed E-state index contributed by atoms with van der Waals surface area (Å²) in [6.45, 7) is 1.82. The Hall–Kier alpha value is -3.85. The summed E-state index contributed by atoms with van der Waals surface area (Å²) in [4.78, 5) is 16.7. The molecular weight excluding hydrogens is 416 g/mol. The Labute approximate surface area is 183 Å². The SMILES string of the molecule is CCO[C@H](C(=O)NCc1ccc(C(=N)N)cc1)c1c(F)cc(-c2ccc(N)nc2)cc1F. The Morgan fingerprint density at radius 1 is 1.12 bits per heavy atom. The van der Waals surface area contributed by atoms with Crippen LogP contribution in [-0.4, -0.2) is 23.3 Å². The number of carbonyl (C=O) groups is 1. The van der Waals surface area contributed by atoms with Crippen molar-refractivity contribution in [1.82, 2.24) is 10.3 Å². The maximum atomic E-state index is 14.9. The molecule has 9 heteroatoms. The molecule has 1 aromatic heterocycles. The third-order valence-corrected chi connectivity index (χ3v) is 4.76. The van der Waals surface area contributed by atoms with Gasteiger partial charge in [-0.3, -0.25) is 10.2 Å². The van der Waals surface area contributed by atoms with Crippen molar-refractivity contribution in [3.63, 3.8) is 0 Å². The number of nitrogens with one attached hydrogen (secondary N) is 2. The number of hydrogen-bond acceptors (Lipinski definition) is 5. The number of amidine groups is 1. The summed E-state index contributed by atoms with van der Waals surface area (Å²) < 4.78 is 35.2. The molecule has 0 aliphatic heterocycles. The highest BCUT2D eigenvalue weighted by Gasteiger charge is 2.28. The Kier molecular flexibility index (Phi) is 7.11. The molecule has 0 bridgehead atoms. The lowest BCUT2D eigenvalue weighted by atomic mass is 10.0. The van der Waals surface area contributed by atoms with E-state index in [1.54, 1.807) is 37.3 Å². The highest BCUT2D eigenvalue weighted by atomic mass is 19.1. The van der Waals surface area contributed by atoms with Crippen molar-refractivity contribution < 1.29 is 18.3 Å². The van der Waals surface area contributed by atoms with E-state index in [-0.39, 0.29) is 30.4 Å². The highest BCUT2D eigenvalue weighted by Crippen LogP contribution is 2.30. The smallest absolute Gasteiger partial charge is 0.254 e. The number of rotatable bonds is 8. The summed E-state index contributed by atoms with van der Waals surface area (Å²) in [6, 6.07) is 12.1. The first-order valence-electron chi connectivity index (χ1n) is 9.83. The molecule has 0 spiro atoms. The molecule has 7 nitrogen and oxygen atoms in total. The topological polar surface area (TPSA) is 127 Å². The van der Waals surface area contributed by atoms with Gasteiger partial charge in [0.2, 0.25) is 0 Å². The number of anilines is 1. The van der Waals surface area contributed by atoms with E-state index in [4.69, 9.17) is 21.6 Å². The van der Waals surface area contributed by atoms with E-state index in [1.807, 2.05) is 0 Å². The fourth-order valence-electron chi connectivity index (χ4n) is 3.12. The second-order valence-corrected chi connectivity index (χ2v) is 6.99. The van der Waals surface area contributed by atoms with Gasteiger partial charge in [0, 0.05) is 30.5 Å². The van der Waals surface area contributed by atoms with Crippen LogP contribution >= 0.6 is 0 Å². The zero-order valence-corrected chi connectivity index (χ0v) is 17.4. The Morgan fingerprint density at radius 2 is 1.78 bits per heavy atom. The van der Waals surface area contributed by atoms with Gasteiger partial charge in [-0.15, -0.1) is 0 Å². The third-order valence-electron chi connectivity index (χ3n) is 4.76. The van der Waals surface area contributed by atoms with Crippen molar-refractivity contribution in [2.75, 3.05) is 12.3 Å². The van der Waals surface area contributed by atoms with Gasteiger partial charge in [-0.25, -0.2) is 13.8 Å². The summed E-state index contributed by atoms with van der Waals surface area (Å²) in [7, 11) is 0. The predicted molar refractivity (Wildman–Crippen MR) is 118 cm³/mol. The molecule has 3 aromatic rings. The summed E-state index contributed by atoms with van der Waals surface area (Å²) >= 11 is 0. The molecule has 1 atom stereocenters. The van der Waals surface area contributed by atoms with Crippen molar-refractivity contribution in [3.05, 3.63) is 83.1 Å². The highest BCUT2D eigenvalue weighted by molar-refractivity contribution is 5.94. The molecule has 1 heterocycles. The van der Waals surface area contributed by atoms with Gasteiger partial charge in [0.05, 0.1) is 5.56 Å². The second-order valence-electron chi connectivity index (χ2n) is 6.99. The Morgan fingerprint density at radius 3 is 2.31 bits per heavy atom. The number of nitrogen functional groups attached to an aromatic ring is 2. The number of nitrogens with zero attached hydrogens (tertiary/aromatic N) is 1. The fraction of sp³-hybridized carbons (Fsp3) is 0.174. The third kappa shape index (κ3) is 5.25. The number of ether oxygens (including phenoxy) is 1. The predicted octanol–water partition coefficient (Wildman–Crippen LogP) is 3.29. The number of halogens is 2. The monoisotopic (exact) mass is 439 g/mol. The lowest BCUT2D eigenvalue weighted by molar-refractivity contribution is -0.133. The minimum atomic E-state index is -1.46. The summed E-state index contributed by atoms with van der Waals surface area (Å²) in [5.74, 6) is -2.27. The van der Waals surface area contributed by atoms with Crippen LogP contribution in [0.15, 0.2) is 54.7 Å². The first-order valence-corrected chi connectivity index (χ1v) is 9.83. The van der Waals surface area contributed by atoms with Gasteiger partial charge in [-0.2, -0.15) is 0 Å². The van der Waals surface area contributed by atoms with E-state index >= 15 is 0 Å². The van der Waals surface area contributed by atoms with Gasteiger partial charge in [0.1, 0.15) is 23.3 Å². The van der Waals surface area contributed by atoms with Crippen LogP contribution in [0.5, 0.6) is 0 Å². The van der Waals surface area contributed by atoms with E-state index < -0.39 is 29.2 Å². The van der Waals surface area contributed by atoms with Crippen molar-refractivity contribution in [1.29, 1.82) is 5.41 Å². The largest absolute Gasteiger partial charge is 0.384 e. The molecule has 0 aliphatic carbocycles. The molecule has 3 rings (SSSR count). The van der Waals surface area contributed by atoms with Crippen molar-refractivity contribution in [2.24, 2.45) is 5.73 Å². The lowest BCUT2D eigenvalue weighted by Gasteiger charge is -2.19. The Bertz CT molecular complexity index is 1100. The van der Waals surface area contributed by atoms with E-state index in [1.165, 1.54) is 12.3 Å². The number of carbonyl (C=O) groups excluding carboxylic acids is 1. The second kappa shape index (κ2) is 9.97. The normalized spacial score (nSPS) is 11.7. The molecule has 2 aromatic carbocycles. The van der Waals surface area contributed by atoms with Crippen molar-refractivity contribution in [3.8, 4) is 11.1 Å². The minimum absolute atomic E-state index is 0.0684. The van der Waals surface area contributed by atoms with Crippen LogP contribution in [0.25, 0.3) is 11.1 Å². The van der Waals surface area contributed by atoms with Crippen molar-refractivity contribution in [2.45, 2.75) is 19.6 Å². The molecule has 32 heavy (non-hydrogen) atoms. The quantitative estimate of drug-likeness (QED) is 0.316. The average molecular weight is 439 g/mol. The molecule has 0 fully saturated rings. The maximum Gasteiger partial charge on any atom is 0.254 e.